The first-order valence-electron chi connectivity index (χ1n) is 8.50. The standard InChI is InChI=1S/C20H28N2O3/c1-20(2,15-23)22(14-17-11-8-12-25-17)19(24)18(21(3)4)13-16-9-6-5-7-10-16/h5-12,18,23H,13-15H2,1-4H3/t18-/m0/s1. The van der Waals surface area contributed by atoms with Gasteiger partial charge in [-0.1, -0.05) is 30.3 Å². The van der Waals surface area contributed by atoms with E-state index in [0.29, 0.717) is 18.7 Å². The van der Waals surface area contributed by atoms with Crippen molar-refractivity contribution in [3.05, 3.63) is 60.1 Å². The molecule has 1 heterocycles. The van der Waals surface area contributed by atoms with E-state index in [0.717, 1.165) is 5.56 Å². The van der Waals surface area contributed by atoms with Crippen molar-refractivity contribution in [3.63, 3.8) is 0 Å². The van der Waals surface area contributed by atoms with E-state index in [2.05, 4.69) is 0 Å². The molecule has 2 rings (SSSR count). The Kier molecular flexibility index (Phi) is 6.39. The predicted octanol–water partition coefficient (Wildman–Crippen LogP) is 2.55. The number of nitrogens with zero attached hydrogens (tertiary/aromatic N) is 2. The molecule has 0 saturated heterocycles. The Morgan fingerprint density at radius 1 is 1.16 bits per heavy atom. The lowest BCUT2D eigenvalue weighted by molar-refractivity contribution is -0.144. The predicted molar refractivity (Wildman–Crippen MR) is 98.0 cm³/mol. The fraction of sp³-hybridized carbons (Fsp3) is 0.450. The van der Waals surface area contributed by atoms with Gasteiger partial charge in [0.25, 0.3) is 0 Å². The zero-order chi connectivity index (χ0) is 18.4. The Morgan fingerprint density at radius 2 is 1.84 bits per heavy atom. The summed E-state index contributed by atoms with van der Waals surface area (Å²) in [7, 11) is 3.81. The molecule has 1 atom stereocenters. The maximum absolute atomic E-state index is 13.4. The molecule has 0 aliphatic heterocycles. The van der Waals surface area contributed by atoms with Gasteiger partial charge >= 0.3 is 0 Å². The van der Waals surface area contributed by atoms with Gasteiger partial charge in [-0.3, -0.25) is 9.69 Å². The van der Waals surface area contributed by atoms with Gasteiger partial charge < -0.3 is 14.4 Å². The monoisotopic (exact) mass is 344 g/mol. The Balaban J connectivity index is 2.27. The van der Waals surface area contributed by atoms with E-state index in [4.69, 9.17) is 4.42 Å². The lowest BCUT2D eigenvalue weighted by Crippen LogP contribution is -2.56. The Labute approximate surface area is 149 Å². The van der Waals surface area contributed by atoms with Gasteiger partial charge in [0.2, 0.25) is 5.91 Å². The molecule has 1 N–H and O–H groups in total. The average Bonchev–Trinajstić information content (AvgIpc) is 3.11. The van der Waals surface area contributed by atoms with Crippen molar-refractivity contribution in [2.24, 2.45) is 0 Å². The number of aliphatic hydroxyl groups excluding tert-OH is 1. The number of hydrogen-bond donors (Lipinski definition) is 1. The van der Waals surface area contributed by atoms with Gasteiger partial charge in [0.1, 0.15) is 5.76 Å². The first-order chi connectivity index (χ1) is 11.8. The van der Waals surface area contributed by atoms with Crippen LogP contribution in [0, 0.1) is 0 Å². The molecule has 1 amide bonds. The first-order valence-corrected chi connectivity index (χ1v) is 8.50. The van der Waals surface area contributed by atoms with E-state index in [-0.39, 0.29) is 18.6 Å². The molecule has 0 aliphatic carbocycles. The topological polar surface area (TPSA) is 56.9 Å². The van der Waals surface area contributed by atoms with E-state index in [9.17, 15) is 9.90 Å². The summed E-state index contributed by atoms with van der Waals surface area (Å²) in [6.45, 7) is 3.94. The molecule has 0 unspecified atom stereocenters. The van der Waals surface area contributed by atoms with Crippen LogP contribution in [-0.4, -0.2) is 53.1 Å². The molecule has 0 aliphatic rings. The van der Waals surface area contributed by atoms with Gasteiger partial charge in [-0.2, -0.15) is 0 Å². The van der Waals surface area contributed by atoms with Crippen LogP contribution in [0.4, 0.5) is 0 Å². The van der Waals surface area contributed by atoms with Gasteiger partial charge in [-0.05, 0) is 52.1 Å². The summed E-state index contributed by atoms with van der Waals surface area (Å²) in [4.78, 5) is 17.0. The second kappa shape index (κ2) is 8.32. The highest BCUT2D eigenvalue weighted by Crippen LogP contribution is 2.21. The normalized spacial score (nSPS) is 13.0. The first kappa shape index (κ1) is 19.2. The van der Waals surface area contributed by atoms with Gasteiger partial charge in [0.05, 0.1) is 31.0 Å². The van der Waals surface area contributed by atoms with Gasteiger partial charge in [-0.25, -0.2) is 0 Å². The molecule has 5 heteroatoms. The van der Waals surface area contributed by atoms with Crippen LogP contribution in [0.1, 0.15) is 25.2 Å². The third-order valence-electron chi connectivity index (χ3n) is 4.46. The minimum atomic E-state index is -0.686. The fourth-order valence-electron chi connectivity index (χ4n) is 2.74. The highest BCUT2D eigenvalue weighted by Gasteiger charge is 2.36. The number of amides is 1. The molecule has 0 bridgehead atoms. The summed E-state index contributed by atoms with van der Waals surface area (Å²) in [5.74, 6) is 0.677. The maximum Gasteiger partial charge on any atom is 0.241 e. The molecule has 2 aromatic rings. The summed E-state index contributed by atoms with van der Waals surface area (Å²) in [6.07, 6.45) is 2.21. The SMILES string of the molecule is CN(C)[C@@H](Cc1ccccc1)C(=O)N(Cc1ccco1)C(C)(C)CO. The van der Waals surface area contributed by atoms with Crippen LogP contribution in [0.15, 0.2) is 53.1 Å². The molecule has 136 valence electrons. The van der Waals surface area contributed by atoms with Crippen LogP contribution in [0.3, 0.4) is 0 Å². The number of aliphatic hydroxyl groups is 1. The lowest BCUT2D eigenvalue weighted by atomic mass is 9.98. The number of carbonyl (C=O) groups is 1. The summed E-state index contributed by atoms with van der Waals surface area (Å²) in [5.41, 5.74) is 0.420. The smallest absolute Gasteiger partial charge is 0.241 e. The average molecular weight is 344 g/mol. The van der Waals surface area contributed by atoms with Crippen molar-refractivity contribution in [2.75, 3.05) is 20.7 Å². The molecule has 0 fully saturated rings. The number of likely N-dealkylation sites (N-methyl/N-ethyl adjacent to an activating group) is 1. The number of carbonyl (C=O) groups excluding carboxylic acids is 1. The quantitative estimate of drug-likeness (QED) is 0.800. The van der Waals surface area contributed by atoms with E-state index in [1.54, 1.807) is 17.2 Å². The zero-order valence-corrected chi connectivity index (χ0v) is 15.5. The van der Waals surface area contributed by atoms with Crippen LogP contribution in [-0.2, 0) is 17.8 Å². The second-order valence-corrected chi connectivity index (χ2v) is 7.14. The summed E-state index contributed by atoms with van der Waals surface area (Å²) in [6, 6.07) is 13.3. The van der Waals surface area contributed by atoms with Crippen LogP contribution in [0.2, 0.25) is 0 Å². The third kappa shape index (κ3) is 4.94. The van der Waals surface area contributed by atoms with E-state index < -0.39 is 5.54 Å². The molecular weight excluding hydrogens is 316 g/mol. The van der Waals surface area contributed by atoms with Gasteiger partial charge in [0.15, 0.2) is 0 Å². The van der Waals surface area contributed by atoms with Crippen molar-refractivity contribution < 1.29 is 14.3 Å². The zero-order valence-electron chi connectivity index (χ0n) is 15.5. The number of furan rings is 1. The minimum Gasteiger partial charge on any atom is -0.467 e. The van der Waals surface area contributed by atoms with Gasteiger partial charge in [0, 0.05) is 0 Å². The molecule has 5 nitrogen and oxygen atoms in total. The molecule has 0 radical (unpaired) electrons. The minimum absolute atomic E-state index is 0.0238. The number of benzene rings is 1. The highest BCUT2D eigenvalue weighted by atomic mass is 16.3. The van der Waals surface area contributed by atoms with Crippen molar-refractivity contribution >= 4 is 5.91 Å². The van der Waals surface area contributed by atoms with Crippen molar-refractivity contribution in [2.45, 2.75) is 38.4 Å². The molecule has 25 heavy (non-hydrogen) atoms. The van der Waals surface area contributed by atoms with E-state index in [1.807, 2.05) is 69.2 Å². The molecule has 0 spiro atoms. The lowest BCUT2D eigenvalue weighted by Gasteiger charge is -2.40. The Morgan fingerprint density at radius 3 is 2.36 bits per heavy atom. The molecule has 0 saturated carbocycles. The van der Waals surface area contributed by atoms with Crippen LogP contribution >= 0.6 is 0 Å². The molecule has 1 aromatic heterocycles. The number of rotatable bonds is 8. The van der Waals surface area contributed by atoms with Crippen molar-refractivity contribution in [1.82, 2.24) is 9.80 Å². The van der Waals surface area contributed by atoms with Crippen molar-refractivity contribution in [3.8, 4) is 0 Å². The Bertz CT molecular complexity index is 651. The van der Waals surface area contributed by atoms with Crippen LogP contribution in [0.5, 0.6) is 0 Å². The second-order valence-electron chi connectivity index (χ2n) is 7.14. The maximum atomic E-state index is 13.4. The van der Waals surface area contributed by atoms with Crippen LogP contribution < -0.4 is 0 Å². The van der Waals surface area contributed by atoms with Crippen molar-refractivity contribution in [1.29, 1.82) is 0 Å². The molecule has 1 aromatic carbocycles. The third-order valence-corrected chi connectivity index (χ3v) is 4.46. The van der Waals surface area contributed by atoms with Crippen LogP contribution in [0.25, 0.3) is 0 Å². The van der Waals surface area contributed by atoms with E-state index in [1.165, 1.54) is 0 Å². The van der Waals surface area contributed by atoms with E-state index >= 15 is 0 Å². The Hall–Kier alpha value is -2.11. The number of hydrogen-bond acceptors (Lipinski definition) is 4. The largest absolute Gasteiger partial charge is 0.467 e. The summed E-state index contributed by atoms with van der Waals surface area (Å²) >= 11 is 0. The summed E-state index contributed by atoms with van der Waals surface area (Å²) < 4.78 is 5.42. The highest BCUT2D eigenvalue weighted by molar-refractivity contribution is 5.83. The fourth-order valence-corrected chi connectivity index (χ4v) is 2.74. The van der Waals surface area contributed by atoms with Gasteiger partial charge in [-0.15, -0.1) is 0 Å². The summed E-state index contributed by atoms with van der Waals surface area (Å²) in [5, 5.41) is 9.81. The molecular formula is C20H28N2O3.